The SMILES string of the molecule is NCCc1ccccc1C(=O)NCc1ccncn1. The fraction of sp³-hybridized carbons (Fsp3) is 0.214. The first-order valence-corrected chi connectivity index (χ1v) is 6.12. The summed E-state index contributed by atoms with van der Waals surface area (Å²) in [6, 6.07) is 9.25. The van der Waals surface area contributed by atoms with Crippen LogP contribution in [-0.2, 0) is 13.0 Å². The van der Waals surface area contributed by atoms with Crippen molar-refractivity contribution in [2.24, 2.45) is 5.73 Å². The van der Waals surface area contributed by atoms with Crippen molar-refractivity contribution in [3.05, 3.63) is 59.7 Å². The van der Waals surface area contributed by atoms with E-state index in [9.17, 15) is 4.79 Å². The van der Waals surface area contributed by atoms with E-state index in [1.165, 1.54) is 6.33 Å². The Morgan fingerprint density at radius 3 is 2.84 bits per heavy atom. The smallest absolute Gasteiger partial charge is 0.251 e. The molecule has 0 radical (unpaired) electrons. The zero-order chi connectivity index (χ0) is 13.5. The number of carbonyl (C=O) groups excluding carboxylic acids is 1. The number of benzene rings is 1. The molecule has 3 N–H and O–H groups in total. The first-order valence-electron chi connectivity index (χ1n) is 6.12. The zero-order valence-electron chi connectivity index (χ0n) is 10.5. The number of hydrogen-bond donors (Lipinski definition) is 2. The van der Waals surface area contributed by atoms with Crippen LogP contribution in [0, 0.1) is 0 Å². The largest absolute Gasteiger partial charge is 0.346 e. The van der Waals surface area contributed by atoms with Crippen LogP contribution in [0.15, 0.2) is 42.9 Å². The predicted octanol–water partition coefficient (Wildman–Crippen LogP) is 0.908. The van der Waals surface area contributed by atoms with Gasteiger partial charge >= 0.3 is 0 Å². The van der Waals surface area contributed by atoms with Gasteiger partial charge in [-0.15, -0.1) is 0 Å². The molecule has 0 bridgehead atoms. The first kappa shape index (κ1) is 13.2. The van der Waals surface area contributed by atoms with Crippen molar-refractivity contribution >= 4 is 5.91 Å². The zero-order valence-corrected chi connectivity index (χ0v) is 10.5. The third-order valence-corrected chi connectivity index (χ3v) is 2.75. The summed E-state index contributed by atoms with van der Waals surface area (Å²) in [6.07, 6.45) is 3.80. The molecule has 98 valence electrons. The van der Waals surface area contributed by atoms with Gasteiger partial charge in [-0.2, -0.15) is 0 Å². The Kier molecular flexibility index (Phi) is 4.58. The summed E-state index contributed by atoms with van der Waals surface area (Å²) in [5.41, 5.74) is 7.96. The Labute approximate surface area is 111 Å². The van der Waals surface area contributed by atoms with Gasteiger partial charge in [-0.3, -0.25) is 4.79 Å². The lowest BCUT2D eigenvalue weighted by molar-refractivity contribution is 0.0949. The molecule has 1 aromatic heterocycles. The minimum atomic E-state index is -0.109. The van der Waals surface area contributed by atoms with Crippen molar-refractivity contribution in [3.63, 3.8) is 0 Å². The first-order chi connectivity index (χ1) is 9.31. The van der Waals surface area contributed by atoms with Gasteiger partial charge in [0.2, 0.25) is 0 Å². The number of carbonyl (C=O) groups is 1. The van der Waals surface area contributed by atoms with E-state index in [1.807, 2.05) is 18.2 Å². The van der Waals surface area contributed by atoms with E-state index in [2.05, 4.69) is 15.3 Å². The molecule has 1 aromatic carbocycles. The van der Waals surface area contributed by atoms with Gasteiger partial charge in [-0.25, -0.2) is 9.97 Å². The molecular formula is C14H16N4O. The second-order valence-electron chi connectivity index (χ2n) is 4.08. The molecule has 0 saturated carbocycles. The highest BCUT2D eigenvalue weighted by Gasteiger charge is 2.09. The van der Waals surface area contributed by atoms with Crippen LogP contribution < -0.4 is 11.1 Å². The monoisotopic (exact) mass is 256 g/mol. The van der Waals surface area contributed by atoms with E-state index in [4.69, 9.17) is 5.73 Å². The lowest BCUT2D eigenvalue weighted by atomic mass is 10.0. The van der Waals surface area contributed by atoms with E-state index < -0.39 is 0 Å². The molecule has 0 atom stereocenters. The van der Waals surface area contributed by atoms with Crippen LogP contribution >= 0.6 is 0 Å². The van der Waals surface area contributed by atoms with Gasteiger partial charge in [0, 0.05) is 11.8 Å². The second-order valence-corrected chi connectivity index (χ2v) is 4.08. The van der Waals surface area contributed by atoms with Crippen LogP contribution in [0.25, 0.3) is 0 Å². The minimum absolute atomic E-state index is 0.109. The van der Waals surface area contributed by atoms with Crippen LogP contribution in [0.3, 0.4) is 0 Å². The number of rotatable bonds is 5. The third kappa shape index (κ3) is 3.59. The van der Waals surface area contributed by atoms with Crippen LogP contribution in [-0.4, -0.2) is 22.4 Å². The van der Waals surface area contributed by atoms with Gasteiger partial charge in [0.05, 0.1) is 12.2 Å². The molecule has 1 amide bonds. The summed E-state index contributed by atoms with van der Waals surface area (Å²) in [6.45, 7) is 0.911. The summed E-state index contributed by atoms with van der Waals surface area (Å²) in [5.74, 6) is -0.109. The van der Waals surface area contributed by atoms with E-state index in [0.717, 1.165) is 11.3 Å². The van der Waals surface area contributed by atoms with Crippen LogP contribution in [0.2, 0.25) is 0 Å². The molecule has 0 aliphatic rings. The van der Waals surface area contributed by atoms with Crippen LogP contribution in [0.5, 0.6) is 0 Å². The molecule has 2 rings (SSSR count). The van der Waals surface area contributed by atoms with Crippen molar-refractivity contribution in [1.82, 2.24) is 15.3 Å². The Balaban J connectivity index is 2.04. The molecule has 0 fully saturated rings. The second kappa shape index (κ2) is 6.61. The van der Waals surface area contributed by atoms with Crippen molar-refractivity contribution in [3.8, 4) is 0 Å². The maximum absolute atomic E-state index is 12.1. The van der Waals surface area contributed by atoms with Crippen molar-refractivity contribution in [2.45, 2.75) is 13.0 Å². The summed E-state index contributed by atoms with van der Waals surface area (Å²) in [5, 5.41) is 2.84. The number of hydrogen-bond acceptors (Lipinski definition) is 4. The van der Waals surface area contributed by atoms with Gasteiger partial charge in [-0.1, -0.05) is 18.2 Å². The minimum Gasteiger partial charge on any atom is -0.346 e. The van der Waals surface area contributed by atoms with Gasteiger partial charge in [0.25, 0.3) is 5.91 Å². The number of amides is 1. The maximum atomic E-state index is 12.1. The van der Waals surface area contributed by atoms with E-state index in [1.54, 1.807) is 18.3 Å². The lowest BCUT2D eigenvalue weighted by Crippen LogP contribution is -2.25. The normalized spacial score (nSPS) is 10.2. The predicted molar refractivity (Wildman–Crippen MR) is 72.4 cm³/mol. The van der Waals surface area contributed by atoms with E-state index in [-0.39, 0.29) is 5.91 Å². The fourth-order valence-electron chi connectivity index (χ4n) is 1.80. The lowest BCUT2D eigenvalue weighted by Gasteiger charge is -2.09. The molecule has 5 heteroatoms. The van der Waals surface area contributed by atoms with Gasteiger partial charge in [0.1, 0.15) is 6.33 Å². The van der Waals surface area contributed by atoms with E-state index >= 15 is 0 Å². The average molecular weight is 256 g/mol. The molecule has 0 aliphatic heterocycles. The highest BCUT2D eigenvalue weighted by molar-refractivity contribution is 5.95. The van der Waals surface area contributed by atoms with Crippen LogP contribution in [0.1, 0.15) is 21.6 Å². The molecule has 0 spiro atoms. The topological polar surface area (TPSA) is 80.9 Å². The van der Waals surface area contributed by atoms with Gasteiger partial charge < -0.3 is 11.1 Å². The Hall–Kier alpha value is -2.27. The van der Waals surface area contributed by atoms with Gasteiger partial charge in [-0.05, 0) is 30.7 Å². The number of nitrogens with two attached hydrogens (primary N) is 1. The number of nitrogens with zero attached hydrogens (tertiary/aromatic N) is 2. The maximum Gasteiger partial charge on any atom is 0.251 e. The van der Waals surface area contributed by atoms with E-state index in [0.29, 0.717) is 25.1 Å². The van der Waals surface area contributed by atoms with Crippen molar-refractivity contribution < 1.29 is 4.79 Å². The molecule has 0 aliphatic carbocycles. The highest BCUT2D eigenvalue weighted by atomic mass is 16.1. The van der Waals surface area contributed by atoms with Crippen molar-refractivity contribution in [1.29, 1.82) is 0 Å². The summed E-state index contributed by atoms with van der Waals surface area (Å²) < 4.78 is 0. The standard InChI is InChI=1S/C14H16N4O/c15-7-5-11-3-1-2-4-13(11)14(19)17-9-12-6-8-16-10-18-12/h1-4,6,8,10H,5,7,9,15H2,(H,17,19). The molecule has 0 unspecified atom stereocenters. The molecule has 19 heavy (non-hydrogen) atoms. The quantitative estimate of drug-likeness (QED) is 0.833. The Bertz CT molecular complexity index is 542. The van der Waals surface area contributed by atoms with Crippen molar-refractivity contribution in [2.75, 3.05) is 6.54 Å². The summed E-state index contributed by atoms with van der Waals surface area (Å²) in [4.78, 5) is 20.0. The van der Waals surface area contributed by atoms with Crippen LogP contribution in [0.4, 0.5) is 0 Å². The van der Waals surface area contributed by atoms with Gasteiger partial charge in [0.15, 0.2) is 0 Å². The molecule has 2 aromatic rings. The number of aromatic nitrogens is 2. The Morgan fingerprint density at radius 1 is 1.26 bits per heavy atom. The highest BCUT2D eigenvalue weighted by Crippen LogP contribution is 2.09. The molecule has 1 heterocycles. The summed E-state index contributed by atoms with van der Waals surface area (Å²) >= 11 is 0. The molecule has 0 saturated heterocycles. The third-order valence-electron chi connectivity index (χ3n) is 2.75. The Morgan fingerprint density at radius 2 is 2.11 bits per heavy atom. The molecular weight excluding hydrogens is 240 g/mol. The molecule has 5 nitrogen and oxygen atoms in total. The summed E-state index contributed by atoms with van der Waals surface area (Å²) in [7, 11) is 0. The number of nitrogens with one attached hydrogen (secondary N) is 1. The fourth-order valence-corrected chi connectivity index (χ4v) is 1.80. The average Bonchev–Trinajstić information content (AvgIpc) is 2.47.